The van der Waals surface area contributed by atoms with Gasteiger partial charge in [-0.3, -0.25) is 4.79 Å². The first-order valence-electron chi connectivity index (χ1n) is 5.94. The molecule has 0 spiro atoms. The van der Waals surface area contributed by atoms with Crippen LogP contribution in [0.15, 0.2) is 11.4 Å². The Labute approximate surface area is 105 Å². The maximum atomic E-state index is 10.6. The van der Waals surface area contributed by atoms with E-state index < -0.39 is 5.97 Å². The summed E-state index contributed by atoms with van der Waals surface area (Å²) in [4.78, 5) is 14.9. The number of imidazole rings is 1. The highest BCUT2D eigenvalue weighted by molar-refractivity contribution is 7.99. The van der Waals surface area contributed by atoms with E-state index in [0.717, 1.165) is 23.3 Å². The minimum absolute atomic E-state index is 0.0776. The summed E-state index contributed by atoms with van der Waals surface area (Å²) in [6.07, 6.45) is 4.50. The molecule has 1 aliphatic rings. The van der Waals surface area contributed by atoms with E-state index in [2.05, 4.69) is 16.5 Å². The molecule has 0 aromatic carbocycles. The smallest absolute Gasteiger partial charge is 0.313 e. The van der Waals surface area contributed by atoms with Gasteiger partial charge in [-0.2, -0.15) is 0 Å². The molecule has 2 rings (SSSR count). The molecule has 1 heterocycles. The third-order valence-corrected chi connectivity index (χ3v) is 4.22. The monoisotopic (exact) mass is 254 g/mol. The van der Waals surface area contributed by atoms with Crippen molar-refractivity contribution in [3.8, 4) is 0 Å². The second kappa shape index (κ2) is 5.12. The largest absolute Gasteiger partial charge is 0.481 e. The summed E-state index contributed by atoms with van der Waals surface area (Å²) in [5.74, 6) is 0.799. The first-order valence-corrected chi connectivity index (χ1v) is 6.93. The van der Waals surface area contributed by atoms with E-state index in [0.29, 0.717) is 5.92 Å². The maximum absolute atomic E-state index is 10.6. The third kappa shape index (κ3) is 3.25. The second-order valence-electron chi connectivity index (χ2n) is 4.79. The van der Waals surface area contributed by atoms with E-state index >= 15 is 0 Å². The lowest BCUT2D eigenvalue weighted by Crippen LogP contribution is -2.12. The molecule has 0 amide bonds. The lowest BCUT2D eigenvalue weighted by Gasteiger charge is -2.14. The molecule has 5 heteroatoms. The Hall–Kier alpha value is -0.970. The van der Waals surface area contributed by atoms with Gasteiger partial charge in [0.05, 0.1) is 5.75 Å². The first kappa shape index (κ1) is 12.5. The standard InChI is InChI=1S/C12H18N2O2S/c1-8(10-3-4-10)6-14-9(2)5-13-12(14)17-7-11(15)16/h5,8,10H,3-4,6-7H2,1-2H3,(H,15,16). The molecule has 1 fully saturated rings. The van der Waals surface area contributed by atoms with Crippen LogP contribution in [0.2, 0.25) is 0 Å². The number of nitrogens with zero attached hydrogens (tertiary/aromatic N) is 2. The van der Waals surface area contributed by atoms with Crippen molar-refractivity contribution in [1.29, 1.82) is 0 Å². The van der Waals surface area contributed by atoms with Crippen LogP contribution in [0.4, 0.5) is 0 Å². The predicted molar refractivity (Wildman–Crippen MR) is 67.2 cm³/mol. The number of aliphatic carboxylic acids is 1. The molecule has 0 bridgehead atoms. The SMILES string of the molecule is Cc1cnc(SCC(=O)O)n1CC(C)C1CC1. The summed E-state index contributed by atoms with van der Waals surface area (Å²) in [6, 6.07) is 0. The summed E-state index contributed by atoms with van der Waals surface area (Å²) in [6.45, 7) is 5.25. The van der Waals surface area contributed by atoms with Gasteiger partial charge in [0.1, 0.15) is 0 Å². The summed E-state index contributed by atoms with van der Waals surface area (Å²) in [5.41, 5.74) is 1.12. The molecular formula is C12H18N2O2S. The van der Waals surface area contributed by atoms with Gasteiger partial charge >= 0.3 is 5.97 Å². The molecule has 4 nitrogen and oxygen atoms in total. The lowest BCUT2D eigenvalue weighted by molar-refractivity contribution is -0.133. The molecule has 1 atom stereocenters. The Kier molecular flexibility index (Phi) is 3.76. The highest BCUT2D eigenvalue weighted by Crippen LogP contribution is 2.38. The molecular weight excluding hydrogens is 236 g/mol. The number of carbonyl (C=O) groups is 1. The zero-order valence-corrected chi connectivity index (χ0v) is 11.0. The van der Waals surface area contributed by atoms with Crippen LogP contribution in [0, 0.1) is 18.8 Å². The van der Waals surface area contributed by atoms with Gasteiger partial charge in [-0.05, 0) is 31.6 Å². The molecule has 1 aliphatic carbocycles. The fourth-order valence-electron chi connectivity index (χ4n) is 2.00. The highest BCUT2D eigenvalue weighted by atomic mass is 32.2. The second-order valence-corrected chi connectivity index (χ2v) is 5.73. The fourth-order valence-corrected chi connectivity index (χ4v) is 2.76. The third-order valence-electron chi connectivity index (χ3n) is 3.24. The Morgan fingerprint density at radius 3 is 3.00 bits per heavy atom. The van der Waals surface area contributed by atoms with E-state index in [4.69, 9.17) is 5.11 Å². The number of aromatic nitrogens is 2. The van der Waals surface area contributed by atoms with Gasteiger partial charge < -0.3 is 9.67 Å². The van der Waals surface area contributed by atoms with Gasteiger partial charge in [-0.1, -0.05) is 18.7 Å². The first-order chi connectivity index (χ1) is 8.08. The minimum Gasteiger partial charge on any atom is -0.481 e. The van der Waals surface area contributed by atoms with Gasteiger partial charge in [-0.15, -0.1) is 0 Å². The zero-order valence-electron chi connectivity index (χ0n) is 10.2. The Morgan fingerprint density at radius 2 is 2.41 bits per heavy atom. The van der Waals surface area contributed by atoms with Crippen LogP contribution in [-0.2, 0) is 11.3 Å². The van der Waals surface area contributed by atoms with Crippen LogP contribution in [0.3, 0.4) is 0 Å². The van der Waals surface area contributed by atoms with Gasteiger partial charge in [-0.25, -0.2) is 4.98 Å². The van der Waals surface area contributed by atoms with Crippen LogP contribution in [-0.4, -0.2) is 26.4 Å². The number of carboxylic acids is 1. The van der Waals surface area contributed by atoms with Crippen molar-refractivity contribution < 1.29 is 9.90 Å². The molecule has 1 unspecified atom stereocenters. The molecule has 0 saturated heterocycles. The lowest BCUT2D eigenvalue weighted by atomic mass is 10.1. The van der Waals surface area contributed by atoms with Crippen LogP contribution < -0.4 is 0 Å². The summed E-state index contributed by atoms with van der Waals surface area (Å²) in [5, 5.41) is 9.53. The molecule has 94 valence electrons. The topological polar surface area (TPSA) is 55.1 Å². The Morgan fingerprint density at radius 1 is 1.71 bits per heavy atom. The minimum atomic E-state index is -0.794. The van der Waals surface area contributed by atoms with Crippen molar-refractivity contribution in [3.05, 3.63) is 11.9 Å². The molecule has 1 N–H and O–H groups in total. The Balaban J connectivity index is 2.02. The van der Waals surface area contributed by atoms with E-state index in [1.165, 1.54) is 24.6 Å². The van der Waals surface area contributed by atoms with Gasteiger partial charge in [0.25, 0.3) is 0 Å². The average Bonchev–Trinajstić information content (AvgIpc) is 3.05. The van der Waals surface area contributed by atoms with Crippen molar-refractivity contribution in [3.63, 3.8) is 0 Å². The molecule has 1 aromatic heterocycles. The number of hydrogen-bond donors (Lipinski definition) is 1. The molecule has 0 radical (unpaired) electrons. The summed E-state index contributed by atoms with van der Waals surface area (Å²) < 4.78 is 2.15. The quantitative estimate of drug-likeness (QED) is 0.792. The van der Waals surface area contributed by atoms with Crippen molar-refractivity contribution in [1.82, 2.24) is 9.55 Å². The van der Waals surface area contributed by atoms with Crippen molar-refractivity contribution >= 4 is 17.7 Å². The molecule has 17 heavy (non-hydrogen) atoms. The van der Waals surface area contributed by atoms with E-state index in [1.807, 2.05) is 13.1 Å². The maximum Gasteiger partial charge on any atom is 0.313 e. The van der Waals surface area contributed by atoms with Gasteiger partial charge in [0, 0.05) is 18.4 Å². The number of carboxylic acid groups (broad SMARTS) is 1. The van der Waals surface area contributed by atoms with Crippen LogP contribution >= 0.6 is 11.8 Å². The zero-order chi connectivity index (χ0) is 12.4. The van der Waals surface area contributed by atoms with E-state index in [1.54, 1.807) is 0 Å². The number of thioether (sulfide) groups is 1. The molecule has 1 aromatic rings. The number of aryl methyl sites for hydroxylation is 1. The van der Waals surface area contributed by atoms with Gasteiger partial charge in [0.2, 0.25) is 0 Å². The molecule has 0 aliphatic heterocycles. The number of hydrogen-bond acceptors (Lipinski definition) is 3. The van der Waals surface area contributed by atoms with E-state index in [-0.39, 0.29) is 5.75 Å². The molecule has 1 saturated carbocycles. The fraction of sp³-hybridized carbons (Fsp3) is 0.667. The Bertz CT molecular complexity index is 413. The number of rotatable bonds is 6. The average molecular weight is 254 g/mol. The summed E-state index contributed by atoms with van der Waals surface area (Å²) >= 11 is 1.30. The van der Waals surface area contributed by atoms with Gasteiger partial charge in [0.15, 0.2) is 5.16 Å². The summed E-state index contributed by atoms with van der Waals surface area (Å²) in [7, 11) is 0. The van der Waals surface area contributed by atoms with Crippen LogP contribution in [0.25, 0.3) is 0 Å². The highest BCUT2D eigenvalue weighted by Gasteiger charge is 2.28. The predicted octanol–water partition coefficient (Wildman–Crippen LogP) is 2.41. The van der Waals surface area contributed by atoms with E-state index in [9.17, 15) is 4.79 Å². The van der Waals surface area contributed by atoms with Crippen molar-refractivity contribution in [2.75, 3.05) is 5.75 Å². The normalized spacial score (nSPS) is 17.1. The van der Waals surface area contributed by atoms with Crippen LogP contribution in [0.5, 0.6) is 0 Å². The van der Waals surface area contributed by atoms with Crippen molar-refractivity contribution in [2.24, 2.45) is 11.8 Å². The van der Waals surface area contributed by atoms with Crippen LogP contribution in [0.1, 0.15) is 25.5 Å². The van der Waals surface area contributed by atoms with Crippen molar-refractivity contribution in [2.45, 2.75) is 38.4 Å².